The largest absolute Gasteiger partial charge is 0.469 e. The number of hydrogen-bond donors (Lipinski definition) is 0. The Bertz CT molecular complexity index is 766. The molecule has 0 spiro atoms. The van der Waals surface area contributed by atoms with Crippen LogP contribution in [0.2, 0.25) is 0 Å². The Morgan fingerprint density at radius 3 is 2.26 bits per heavy atom. The van der Waals surface area contributed by atoms with Crippen molar-refractivity contribution < 1.29 is 33.3 Å². The molecule has 0 radical (unpaired) electrons. The number of rotatable bonds is 13. The monoisotopic (exact) mass is 492 g/mol. The minimum absolute atomic E-state index is 0.0161. The van der Waals surface area contributed by atoms with Crippen molar-refractivity contribution in [1.29, 1.82) is 0 Å². The van der Waals surface area contributed by atoms with Crippen molar-refractivity contribution in [2.24, 2.45) is 53.3 Å². The van der Waals surface area contributed by atoms with Crippen LogP contribution in [-0.2, 0) is 33.3 Å². The summed E-state index contributed by atoms with van der Waals surface area (Å²) in [7, 11) is 2.94. The topological polar surface area (TPSA) is 88.1 Å². The molecule has 4 bridgehead atoms. The van der Waals surface area contributed by atoms with Crippen LogP contribution in [0.5, 0.6) is 0 Å². The molecule has 35 heavy (non-hydrogen) atoms. The Labute approximate surface area is 210 Å². The first-order valence-corrected chi connectivity index (χ1v) is 13.8. The second-order valence-corrected chi connectivity index (χ2v) is 11.6. The fourth-order valence-corrected chi connectivity index (χ4v) is 8.10. The Hall–Kier alpha value is -1.63. The maximum Gasteiger partial charge on any atom is 0.309 e. The van der Waals surface area contributed by atoms with Gasteiger partial charge in [0, 0.05) is 7.11 Å². The molecule has 0 aliphatic heterocycles. The molecule has 4 saturated carbocycles. The van der Waals surface area contributed by atoms with Crippen molar-refractivity contribution in [2.75, 3.05) is 27.4 Å². The van der Waals surface area contributed by atoms with Gasteiger partial charge in [-0.15, -0.1) is 0 Å². The molecule has 4 aliphatic rings. The third kappa shape index (κ3) is 5.55. The van der Waals surface area contributed by atoms with Crippen LogP contribution in [0, 0.1) is 53.3 Å². The highest BCUT2D eigenvalue weighted by Gasteiger charge is 2.63. The van der Waals surface area contributed by atoms with Crippen LogP contribution < -0.4 is 0 Å². The van der Waals surface area contributed by atoms with Gasteiger partial charge in [0.05, 0.1) is 31.5 Å². The molecule has 0 amide bonds. The number of ether oxygens (including phenoxy) is 4. The molecular weight excluding hydrogens is 448 g/mol. The lowest BCUT2D eigenvalue weighted by atomic mass is 9.70. The van der Waals surface area contributed by atoms with Crippen LogP contribution in [0.15, 0.2) is 0 Å². The second kappa shape index (κ2) is 11.6. The van der Waals surface area contributed by atoms with E-state index in [9.17, 15) is 14.4 Å². The Morgan fingerprint density at radius 2 is 1.57 bits per heavy atom. The number of methoxy groups -OCH3 is 2. The van der Waals surface area contributed by atoms with Crippen LogP contribution in [0.1, 0.15) is 71.6 Å². The third-order valence-electron chi connectivity index (χ3n) is 9.75. The van der Waals surface area contributed by atoms with Gasteiger partial charge < -0.3 is 18.9 Å². The standard InChI is InChI=1S/C28H44O7/c1-5-17(27(30)34-11-10-32-3)12-20(7-6-16(2)26(29)33-4)28(31)35-23-15-21-14-22(23)25-19-9-8-18(13-19)24(21)25/h16-25H,5-15H2,1-4H3. The minimum Gasteiger partial charge on any atom is -0.469 e. The van der Waals surface area contributed by atoms with E-state index < -0.39 is 5.92 Å². The Kier molecular flexibility index (Phi) is 8.77. The van der Waals surface area contributed by atoms with Crippen LogP contribution in [-0.4, -0.2) is 51.4 Å². The summed E-state index contributed by atoms with van der Waals surface area (Å²) in [5.74, 6) is 2.71. The molecule has 198 valence electrons. The van der Waals surface area contributed by atoms with E-state index in [4.69, 9.17) is 18.9 Å². The van der Waals surface area contributed by atoms with Crippen molar-refractivity contribution in [3.05, 3.63) is 0 Å². The van der Waals surface area contributed by atoms with Crippen LogP contribution >= 0.6 is 0 Å². The van der Waals surface area contributed by atoms with Gasteiger partial charge in [0.15, 0.2) is 0 Å². The highest BCUT2D eigenvalue weighted by molar-refractivity contribution is 5.76. The Morgan fingerprint density at radius 1 is 0.829 bits per heavy atom. The van der Waals surface area contributed by atoms with Gasteiger partial charge in [0.2, 0.25) is 0 Å². The molecule has 0 aromatic rings. The first-order valence-electron chi connectivity index (χ1n) is 13.8. The van der Waals surface area contributed by atoms with Crippen molar-refractivity contribution in [1.82, 2.24) is 0 Å². The highest BCUT2D eigenvalue weighted by atomic mass is 16.6. The first-order chi connectivity index (χ1) is 16.9. The van der Waals surface area contributed by atoms with Gasteiger partial charge in [0.1, 0.15) is 12.7 Å². The molecule has 7 nitrogen and oxygen atoms in total. The molecule has 0 aromatic heterocycles. The minimum atomic E-state index is -0.433. The number of esters is 3. The molecule has 4 fully saturated rings. The van der Waals surface area contributed by atoms with Crippen LogP contribution in [0.25, 0.3) is 0 Å². The molecule has 7 heteroatoms. The van der Waals surface area contributed by atoms with E-state index in [0.717, 1.165) is 36.0 Å². The lowest BCUT2D eigenvalue weighted by Gasteiger charge is -2.38. The summed E-state index contributed by atoms with van der Waals surface area (Å²) in [6.07, 6.45) is 8.36. The molecule has 0 saturated heterocycles. The smallest absolute Gasteiger partial charge is 0.309 e. The number of fused-ring (bicyclic) bond motifs is 9. The Balaban J connectivity index is 1.38. The van der Waals surface area contributed by atoms with E-state index in [0.29, 0.717) is 38.2 Å². The molecular formula is C28H44O7. The summed E-state index contributed by atoms with van der Waals surface area (Å²) in [6.45, 7) is 4.30. The van der Waals surface area contributed by atoms with Crippen molar-refractivity contribution in [3.8, 4) is 0 Å². The van der Waals surface area contributed by atoms with E-state index in [1.54, 1.807) is 7.11 Å². The van der Waals surface area contributed by atoms with E-state index in [1.807, 2.05) is 13.8 Å². The molecule has 4 aliphatic carbocycles. The molecule has 0 N–H and O–H groups in total. The summed E-state index contributed by atoms with van der Waals surface area (Å²) in [5.41, 5.74) is 0. The van der Waals surface area contributed by atoms with Crippen LogP contribution in [0.4, 0.5) is 0 Å². The highest BCUT2D eigenvalue weighted by Crippen LogP contribution is 2.67. The zero-order valence-electron chi connectivity index (χ0n) is 21.9. The normalized spacial score (nSPS) is 34.8. The van der Waals surface area contributed by atoms with E-state index in [2.05, 4.69) is 0 Å². The van der Waals surface area contributed by atoms with E-state index >= 15 is 0 Å². The van der Waals surface area contributed by atoms with E-state index in [-0.39, 0.29) is 42.5 Å². The first kappa shape index (κ1) is 26.4. The maximum atomic E-state index is 13.5. The molecule has 0 aromatic carbocycles. The van der Waals surface area contributed by atoms with Gasteiger partial charge >= 0.3 is 17.9 Å². The summed E-state index contributed by atoms with van der Waals surface area (Å²) in [5, 5.41) is 0. The van der Waals surface area contributed by atoms with Crippen LogP contribution in [0.3, 0.4) is 0 Å². The second-order valence-electron chi connectivity index (χ2n) is 11.6. The fourth-order valence-electron chi connectivity index (χ4n) is 8.10. The van der Waals surface area contributed by atoms with Gasteiger partial charge in [-0.1, -0.05) is 13.8 Å². The average Bonchev–Trinajstić information content (AvgIpc) is 3.64. The predicted octanol–water partition coefficient (Wildman–Crippen LogP) is 4.41. The zero-order chi connectivity index (χ0) is 25.1. The number of carbonyl (C=O) groups is 3. The summed E-state index contributed by atoms with van der Waals surface area (Å²) >= 11 is 0. The molecule has 4 rings (SSSR count). The quantitative estimate of drug-likeness (QED) is 0.163. The summed E-state index contributed by atoms with van der Waals surface area (Å²) < 4.78 is 21.4. The number of carbonyl (C=O) groups excluding carboxylic acids is 3. The fraction of sp³-hybridized carbons (Fsp3) is 0.893. The van der Waals surface area contributed by atoms with Gasteiger partial charge in [-0.2, -0.15) is 0 Å². The van der Waals surface area contributed by atoms with Gasteiger partial charge in [0.25, 0.3) is 0 Å². The van der Waals surface area contributed by atoms with Gasteiger partial charge in [-0.3, -0.25) is 14.4 Å². The lowest BCUT2D eigenvalue weighted by Crippen LogP contribution is -2.38. The lowest BCUT2D eigenvalue weighted by molar-refractivity contribution is -0.162. The summed E-state index contributed by atoms with van der Waals surface area (Å²) in [4.78, 5) is 38.1. The van der Waals surface area contributed by atoms with E-state index in [1.165, 1.54) is 32.8 Å². The number of hydrogen-bond acceptors (Lipinski definition) is 7. The van der Waals surface area contributed by atoms with Crippen molar-refractivity contribution in [3.63, 3.8) is 0 Å². The zero-order valence-corrected chi connectivity index (χ0v) is 21.9. The predicted molar refractivity (Wildman–Crippen MR) is 129 cm³/mol. The molecule has 0 heterocycles. The maximum absolute atomic E-state index is 13.5. The van der Waals surface area contributed by atoms with Gasteiger partial charge in [-0.25, -0.2) is 0 Å². The summed E-state index contributed by atoms with van der Waals surface area (Å²) in [6, 6.07) is 0. The SMILES string of the molecule is CCC(CC(CCC(C)C(=O)OC)C(=O)OC1CC2CC1C1C3CCC(C3)C21)C(=O)OCCOC. The van der Waals surface area contributed by atoms with Gasteiger partial charge in [-0.05, 0) is 93.3 Å². The molecule has 10 unspecified atom stereocenters. The van der Waals surface area contributed by atoms with Crippen molar-refractivity contribution in [2.45, 2.75) is 77.7 Å². The third-order valence-corrected chi connectivity index (χ3v) is 9.75. The molecule has 10 atom stereocenters. The average molecular weight is 493 g/mol. The van der Waals surface area contributed by atoms with Crippen molar-refractivity contribution >= 4 is 17.9 Å².